The minimum Gasteiger partial charge on any atom is -0.297 e. The summed E-state index contributed by atoms with van der Waals surface area (Å²) in [6.07, 6.45) is 1.52. The Morgan fingerprint density at radius 1 is 1.25 bits per heavy atom. The summed E-state index contributed by atoms with van der Waals surface area (Å²) in [5.74, 6) is -0.288. The van der Waals surface area contributed by atoms with E-state index in [0.717, 1.165) is 22.5 Å². The standard InChI is InChI=1S/C18H17FN4O3S2/c1-28(25,26)18-21-14-6-7-23(8-13(14)17(24)22-18)9-16-20-15(10-27-16)11-2-4-12(19)5-3-11/h2-5,10H,6-9H2,1H3,(H,21,22,24). The average molecular weight is 420 g/mol. The van der Waals surface area contributed by atoms with Crippen LogP contribution >= 0.6 is 11.3 Å². The molecule has 7 nitrogen and oxygen atoms in total. The predicted molar refractivity (Wildman–Crippen MR) is 103 cm³/mol. The maximum absolute atomic E-state index is 13.1. The van der Waals surface area contributed by atoms with Crippen molar-refractivity contribution in [2.75, 3.05) is 12.8 Å². The number of sulfone groups is 1. The van der Waals surface area contributed by atoms with E-state index in [1.54, 1.807) is 12.1 Å². The Morgan fingerprint density at radius 2 is 2.00 bits per heavy atom. The van der Waals surface area contributed by atoms with E-state index in [2.05, 4.69) is 19.9 Å². The van der Waals surface area contributed by atoms with Crippen molar-refractivity contribution in [3.8, 4) is 11.3 Å². The van der Waals surface area contributed by atoms with E-state index in [1.165, 1.54) is 23.5 Å². The second-order valence-electron chi connectivity index (χ2n) is 6.66. The molecule has 0 unspecified atom stereocenters. The molecule has 0 aliphatic carbocycles. The molecule has 0 saturated carbocycles. The van der Waals surface area contributed by atoms with Gasteiger partial charge in [0.2, 0.25) is 15.0 Å². The van der Waals surface area contributed by atoms with Crippen LogP contribution in [-0.4, -0.2) is 41.1 Å². The smallest absolute Gasteiger partial charge is 0.256 e. The number of aromatic amines is 1. The molecule has 28 heavy (non-hydrogen) atoms. The molecule has 1 aliphatic rings. The quantitative estimate of drug-likeness (QED) is 0.649. The Labute approximate surface area is 164 Å². The van der Waals surface area contributed by atoms with Crippen molar-refractivity contribution < 1.29 is 12.8 Å². The van der Waals surface area contributed by atoms with Crippen molar-refractivity contribution in [1.29, 1.82) is 0 Å². The summed E-state index contributed by atoms with van der Waals surface area (Å²) in [7, 11) is -3.56. The second-order valence-corrected chi connectivity index (χ2v) is 9.54. The number of aromatic nitrogens is 3. The van der Waals surface area contributed by atoms with Crippen molar-refractivity contribution in [3.05, 3.63) is 62.1 Å². The van der Waals surface area contributed by atoms with Gasteiger partial charge < -0.3 is 0 Å². The summed E-state index contributed by atoms with van der Waals surface area (Å²) in [4.78, 5) is 25.5. The van der Waals surface area contributed by atoms with Gasteiger partial charge >= 0.3 is 0 Å². The molecule has 0 amide bonds. The summed E-state index contributed by atoms with van der Waals surface area (Å²) in [5.41, 5.74) is 2.25. The zero-order valence-electron chi connectivity index (χ0n) is 15.0. The number of rotatable bonds is 4. The third-order valence-electron chi connectivity index (χ3n) is 4.53. The highest BCUT2D eigenvalue weighted by molar-refractivity contribution is 7.90. The molecule has 0 atom stereocenters. The van der Waals surface area contributed by atoms with Gasteiger partial charge in [-0.2, -0.15) is 0 Å². The molecule has 2 aromatic heterocycles. The first-order valence-corrected chi connectivity index (χ1v) is 11.3. The summed E-state index contributed by atoms with van der Waals surface area (Å²) < 4.78 is 36.4. The summed E-state index contributed by atoms with van der Waals surface area (Å²) in [6, 6.07) is 6.19. The van der Waals surface area contributed by atoms with Crippen LogP contribution in [0.3, 0.4) is 0 Å². The van der Waals surface area contributed by atoms with Crippen LogP contribution in [0, 0.1) is 5.82 Å². The fourth-order valence-corrected chi connectivity index (χ4v) is 4.50. The third-order valence-corrected chi connectivity index (χ3v) is 6.26. The minimum absolute atomic E-state index is 0.284. The van der Waals surface area contributed by atoms with Gasteiger partial charge in [0.1, 0.15) is 10.8 Å². The number of hydrogen-bond donors (Lipinski definition) is 1. The first kappa shape index (κ1) is 18.9. The highest BCUT2D eigenvalue weighted by Gasteiger charge is 2.24. The number of benzene rings is 1. The van der Waals surface area contributed by atoms with Crippen molar-refractivity contribution in [1.82, 2.24) is 19.9 Å². The fraction of sp³-hybridized carbons (Fsp3) is 0.278. The molecule has 0 radical (unpaired) electrons. The monoisotopic (exact) mass is 420 g/mol. The van der Waals surface area contributed by atoms with Crippen LogP contribution in [0.4, 0.5) is 4.39 Å². The molecule has 3 aromatic rings. The molecule has 10 heteroatoms. The molecule has 146 valence electrons. The first-order valence-electron chi connectivity index (χ1n) is 8.54. The zero-order chi connectivity index (χ0) is 19.9. The number of nitrogens with zero attached hydrogens (tertiary/aromatic N) is 3. The van der Waals surface area contributed by atoms with Gasteiger partial charge in [-0.1, -0.05) is 0 Å². The zero-order valence-corrected chi connectivity index (χ0v) is 16.6. The lowest BCUT2D eigenvalue weighted by atomic mass is 10.1. The van der Waals surface area contributed by atoms with Crippen LogP contribution in [0.25, 0.3) is 11.3 Å². The number of nitrogens with one attached hydrogen (secondary N) is 1. The van der Waals surface area contributed by atoms with E-state index in [0.29, 0.717) is 37.3 Å². The van der Waals surface area contributed by atoms with E-state index in [1.807, 2.05) is 5.38 Å². The van der Waals surface area contributed by atoms with Crippen LogP contribution < -0.4 is 5.56 Å². The van der Waals surface area contributed by atoms with Crippen molar-refractivity contribution in [2.45, 2.75) is 24.7 Å². The Morgan fingerprint density at radius 3 is 2.71 bits per heavy atom. The highest BCUT2D eigenvalue weighted by Crippen LogP contribution is 2.24. The van der Waals surface area contributed by atoms with Gasteiger partial charge in [-0.3, -0.25) is 14.7 Å². The van der Waals surface area contributed by atoms with Crippen molar-refractivity contribution >= 4 is 21.2 Å². The lowest BCUT2D eigenvalue weighted by Crippen LogP contribution is -2.36. The highest BCUT2D eigenvalue weighted by atomic mass is 32.2. The molecule has 1 aliphatic heterocycles. The van der Waals surface area contributed by atoms with Crippen LogP contribution in [0.15, 0.2) is 39.6 Å². The van der Waals surface area contributed by atoms with Crippen LogP contribution in [-0.2, 0) is 29.3 Å². The van der Waals surface area contributed by atoms with Crippen molar-refractivity contribution in [3.63, 3.8) is 0 Å². The second kappa shape index (κ2) is 7.19. The molecule has 3 heterocycles. The molecule has 0 bridgehead atoms. The fourth-order valence-electron chi connectivity index (χ4n) is 3.10. The van der Waals surface area contributed by atoms with Gasteiger partial charge in [-0.05, 0) is 24.3 Å². The predicted octanol–water partition coefficient (Wildman–Crippen LogP) is 1.99. The van der Waals surface area contributed by atoms with Gasteiger partial charge in [0.05, 0.1) is 23.5 Å². The third kappa shape index (κ3) is 3.89. The van der Waals surface area contributed by atoms with Crippen LogP contribution in [0.2, 0.25) is 0 Å². The molecule has 0 fully saturated rings. The molecule has 4 rings (SSSR count). The summed E-state index contributed by atoms with van der Waals surface area (Å²) in [6.45, 7) is 1.60. The van der Waals surface area contributed by atoms with E-state index in [9.17, 15) is 17.6 Å². The van der Waals surface area contributed by atoms with Gasteiger partial charge in [-0.25, -0.2) is 22.8 Å². The van der Waals surface area contributed by atoms with E-state index in [4.69, 9.17) is 0 Å². The van der Waals surface area contributed by atoms with E-state index < -0.39 is 15.4 Å². The van der Waals surface area contributed by atoms with Gasteiger partial charge in [0, 0.05) is 36.7 Å². The maximum atomic E-state index is 13.1. The molecular formula is C18H17FN4O3S2. The molecule has 0 saturated heterocycles. The average Bonchev–Trinajstić information content (AvgIpc) is 3.10. The Balaban J connectivity index is 1.51. The number of hydrogen-bond acceptors (Lipinski definition) is 7. The molecular weight excluding hydrogens is 403 g/mol. The van der Waals surface area contributed by atoms with Crippen LogP contribution in [0.1, 0.15) is 16.3 Å². The summed E-state index contributed by atoms with van der Waals surface area (Å²) >= 11 is 1.51. The molecule has 0 spiro atoms. The topological polar surface area (TPSA) is 96.0 Å². The summed E-state index contributed by atoms with van der Waals surface area (Å²) in [5, 5.41) is 2.53. The molecule has 1 N–H and O–H groups in total. The number of H-pyrrole nitrogens is 1. The Hall–Kier alpha value is -2.43. The Bertz CT molecular complexity index is 1190. The van der Waals surface area contributed by atoms with E-state index in [-0.39, 0.29) is 11.0 Å². The van der Waals surface area contributed by atoms with Crippen LogP contribution in [0.5, 0.6) is 0 Å². The first-order chi connectivity index (χ1) is 13.3. The number of fused-ring (bicyclic) bond motifs is 1. The minimum atomic E-state index is -3.56. The van der Waals surface area contributed by atoms with E-state index >= 15 is 0 Å². The number of halogens is 1. The van der Waals surface area contributed by atoms with Gasteiger partial charge in [0.15, 0.2) is 0 Å². The molecule has 1 aromatic carbocycles. The normalized spacial score (nSPS) is 14.8. The largest absolute Gasteiger partial charge is 0.297 e. The lowest BCUT2D eigenvalue weighted by Gasteiger charge is -2.26. The lowest BCUT2D eigenvalue weighted by molar-refractivity contribution is 0.240. The van der Waals surface area contributed by atoms with Gasteiger partial charge in [0.25, 0.3) is 5.56 Å². The maximum Gasteiger partial charge on any atom is 0.256 e. The van der Waals surface area contributed by atoms with Crippen molar-refractivity contribution in [2.24, 2.45) is 0 Å². The number of thiazole rings is 1. The Kier molecular flexibility index (Phi) is 4.86. The SMILES string of the molecule is CS(=O)(=O)c1nc2c(c(=O)[nH]1)CN(Cc1nc(-c3ccc(F)cc3)cs1)CC2. The van der Waals surface area contributed by atoms with Gasteiger partial charge in [-0.15, -0.1) is 11.3 Å².